The molecular weight excluding hydrogens is 276 g/mol. The number of carbonyl (C=O) groups is 1. The van der Waals surface area contributed by atoms with Crippen LogP contribution in [0.3, 0.4) is 0 Å². The Bertz CT molecular complexity index is 493. The fraction of sp³-hybridized carbons (Fsp3) is 0.533. The number of halogens is 1. The summed E-state index contributed by atoms with van der Waals surface area (Å²) in [4.78, 5) is 14.1. The van der Waals surface area contributed by atoms with Crippen molar-refractivity contribution in [2.45, 2.75) is 31.8 Å². The maximum atomic E-state index is 12.4. The molecule has 0 bridgehead atoms. The highest BCUT2D eigenvalue weighted by Crippen LogP contribution is 2.28. The minimum absolute atomic E-state index is 0.00814. The zero-order chi connectivity index (χ0) is 14.7. The molecule has 0 radical (unpaired) electrons. The van der Waals surface area contributed by atoms with Gasteiger partial charge >= 0.3 is 0 Å². The number of nitrogens with zero attached hydrogens (tertiary/aromatic N) is 1. The van der Waals surface area contributed by atoms with Crippen LogP contribution in [0.2, 0.25) is 5.02 Å². The fourth-order valence-electron chi connectivity index (χ4n) is 2.78. The molecule has 2 atom stereocenters. The lowest BCUT2D eigenvalue weighted by Crippen LogP contribution is -2.39. The van der Waals surface area contributed by atoms with Crippen molar-refractivity contribution in [3.63, 3.8) is 0 Å². The quantitative estimate of drug-likeness (QED) is 0.928. The molecule has 0 aromatic heterocycles. The molecule has 0 aliphatic heterocycles. The van der Waals surface area contributed by atoms with Gasteiger partial charge in [0, 0.05) is 30.2 Å². The van der Waals surface area contributed by atoms with Crippen molar-refractivity contribution in [3.8, 4) is 5.75 Å². The third-order valence-electron chi connectivity index (χ3n) is 3.91. The number of nitrogens with two attached hydrogens (primary N) is 1. The summed E-state index contributed by atoms with van der Waals surface area (Å²) in [6.45, 7) is 0.478. The third-order valence-corrected chi connectivity index (χ3v) is 4.15. The fourth-order valence-corrected chi connectivity index (χ4v) is 2.98. The van der Waals surface area contributed by atoms with Crippen molar-refractivity contribution in [2.75, 3.05) is 14.2 Å². The Morgan fingerprint density at radius 2 is 2.25 bits per heavy atom. The molecule has 0 spiro atoms. The van der Waals surface area contributed by atoms with E-state index in [1.165, 1.54) is 0 Å². The van der Waals surface area contributed by atoms with Gasteiger partial charge < -0.3 is 15.4 Å². The van der Waals surface area contributed by atoms with E-state index in [1.54, 1.807) is 25.1 Å². The number of hydrogen-bond acceptors (Lipinski definition) is 3. The van der Waals surface area contributed by atoms with E-state index in [0.29, 0.717) is 11.6 Å². The van der Waals surface area contributed by atoms with Gasteiger partial charge in [0.25, 0.3) is 0 Å². The van der Waals surface area contributed by atoms with Gasteiger partial charge in [0.1, 0.15) is 5.75 Å². The van der Waals surface area contributed by atoms with E-state index in [9.17, 15) is 4.79 Å². The van der Waals surface area contributed by atoms with Crippen molar-refractivity contribution in [2.24, 2.45) is 11.7 Å². The predicted molar refractivity (Wildman–Crippen MR) is 79.8 cm³/mol. The smallest absolute Gasteiger partial charge is 0.227 e. The van der Waals surface area contributed by atoms with Crippen molar-refractivity contribution >= 4 is 17.5 Å². The Morgan fingerprint density at radius 1 is 1.50 bits per heavy atom. The molecule has 5 heteroatoms. The molecule has 1 aliphatic rings. The Balaban J connectivity index is 2.09. The van der Waals surface area contributed by atoms with Crippen LogP contribution in [-0.2, 0) is 11.3 Å². The van der Waals surface area contributed by atoms with Gasteiger partial charge in [-0.05, 0) is 31.0 Å². The summed E-state index contributed by atoms with van der Waals surface area (Å²) in [6.07, 6.45) is 2.85. The van der Waals surface area contributed by atoms with Gasteiger partial charge in [-0.25, -0.2) is 0 Å². The van der Waals surface area contributed by atoms with E-state index in [4.69, 9.17) is 22.1 Å². The van der Waals surface area contributed by atoms with Gasteiger partial charge in [0.2, 0.25) is 5.91 Å². The zero-order valence-corrected chi connectivity index (χ0v) is 12.7. The van der Waals surface area contributed by atoms with Crippen LogP contribution in [-0.4, -0.2) is 31.0 Å². The number of amides is 1. The molecule has 2 N–H and O–H groups in total. The summed E-state index contributed by atoms with van der Waals surface area (Å²) in [5.41, 5.74) is 6.90. The van der Waals surface area contributed by atoms with Crippen molar-refractivity contribution in [3.05, 3.63) is 28.8 Å². The van der Waals surface area contributed by atoms with Gasteiger partial charge in [0.05, 0.1) is 13.0 Å². The third kappa shape index (κ3) is 3.25. The number of hydrogen-bond donors (Lipinski definition) is 1. The zero-order valence-electron chi connectivity index (χ0n) is 11.9. The van der Waals surface area contributed by atoms with E-state index in [-0.39, 0.29) is 17.9 Å². The maximum absolute atomic E-state index is 12.4. The molecular formula is C15H21ClN2O2. The highest BCUT2D eigenvalue weighted by atomic mass is 35.5. The lowest BCUT2D eigenvalue weighted by atomic mass is 10.0. The summed E-state index contributed by atoms with van der Waals surface area (Å²) in [6, 6.07) is 5.42. The number of rotatable bonds is 4. The second-order valence-electron chi connectivity index (χ2n) is 5.35. The van der Waals surface area contributed by atoms with E-state index < -0.39 is 0 Å². The molecule has 20 heavy (non-hydrogen) atoms. The summed E-state index contributed by atoms with van der Waals surface area (Å²) < 4.78 is 5.31. The lowest BCUT2D eigenvalue weighted by Gasteiger charge is -2.24. The number of benzene rings is 1. The molecule has 0 saturated heterocycles. The van der Waals surface area contributed by atoms with Crippen LogP contribution in [0.25, 0.3) is 0 Å². The number of carbonyl (C=O) groups excluding carboxylic acids is 1. The largest absolute Gasteiger partial charge is 0.496 e. The van der Waals surface area contributed by atoms with Crippen LogP contribution in [0.15, 0.2) is 18.2 Å². The van der Waals surface area contributed by atoms with Crippen molar-refractivity contribution in [1.29, 1.82) is 0 Å². The van der Waals surface area contributed by atoms with Crippen LogP contribution in [0.4, 0.5) is 0 Å². The molecule has 0 heterocycles. The lowest BCUT2D eigenvalue weighted by molar-refractivity contribution is -0.134. The van der Waals surface area contributed by atoms with Crippen LogP contribution < -0.4 is 10.5 Å². The minimum atomic E-state index is -0.0508. The monoisotopic (exact) mass is 296 g/mol. The van der Waals surface area contributed by atoms with Crippen LogP contribution in [0, 0.1) is 5.92 Å². The molecule has 1 aliphatic carbocycles. The van der Waals surface area contributed by atoms with Gasteiger partial charge in [-0.15, -0.1) is 0 Å². The summed E-state index contributed by atoms with van der Waals surface area (Å²) in [5, 5.41) is 0.638. The van der Waals surface area contributed by atoms with Crippen LogP contribution in [0.1, 0.15) is 24.8 Å². The maximum Gasteiger partial charge on any atom is 0.227 e. The number of ether oxygens (including phenoxy) is 1. The molecule has 1 fully saturated rings. The van der Waals surface area contributed by atoms with Gasteiger partial charge in [-0.1, -0.05) is 18.0 Å². The molecule has 110 valence electrons. The first-order chi connectivity index (χ1) is 9.52. The van der Waals surface area contributed by atoms with E-state index in [1.807, 2.05) is 12.1 Å². The topological polar surface area (TPSA) is 55.6 Å². The van der Waals surface area contributed by atoms with Gasteiger partial charge in [-0.2, -0.15) is 0 Å². The molecule has 1 amide bonds. The molecule has 4 nitrogen and oxygen atoms in total. The Hall–Kier alpha value is -1.26. The Labute approximate surface area is 124 Å². The molecule has 2 unspecified atom stereocenters. The minimum Gasteiger partial charge on any atom is -0.496 e. The Morgan fingerprint density at radius 3 is 2.85 bits per heavy atom. The first-order valence-corrected chi connectivity index (χ1v) is 7.23. The first-order valence-electron chi connectivity index (χ1n) is 6.86. The highest BCUT2D eigenvalue weighted by Gasteiger charge is 2.32. The average Bonchev–Trinajstić information content (AvgIpc) is 2.84. The Kier molecular flexibility index (Phi) is 4.89. The second kappa shape index (κ2) is 6.46. The summed E-state index contributed by atoms with van der Waals surface area (Å²) in [5.74, 6) is 0.798. The molecule has 2 rings (SSSR count). The van der Waals surface area contributed by atoms with E-state index >= 15 is 0 Å². The number of methoxy groups -OCH3 is 1. The molecule has 1 aromatic rings. The summed E-state index contributed by atoms with van der Waals surface area (Å²) in [7, 11) is 3.41. The van der Waals surface area contributed by atoms with Gasteiger partial charge in [0.15, 0.2) is 0 Å². The van der Waals surface area contributed by atoms with E-state index in [2.05, 4.69) is 0 Å². The summed E-state index contributed by atoms with van der Waals surface area (Å²) >= 11 is 6.01. The average molecular weight is 297 g/mol. The molecule has 1 saturated carbocycles. The second-order valence-corrected chi connectivity index (χ2v) is 5.79. The first kappa shape index (κ1) is 15.1. The van der Waals surface area contributed by atoms with Crippen LogP contribution >= 0.6 is 11.6 Å². The molecule has 1 aromatic carbocycles. The highest BCUT2D eigenvalue weighted by molar-refractivity contribution is 6.30. The van der Waals surface area contributed by atoms with Crippen molar-refractivity contribution < 1.29 is 9.53 Å². The van der Waals surface area contributed by atoms with E-state index in [0.717, 1.165) is 30.6 Å². The van der Waals surface area contributed by atoms with Crippen LogP contribution in [0.5, 0.6) is 5.75 Å². The van der Waals surface area contributed by atoms with Crippen molar-refractivity contribution in [1.82, 2.24) is 4.90 Å². The van der Waals surface area contributed by atoms with Gasteiger partial charge in [-0.3, -0.25) is 4.79 Å². The standard InChI is InChI=1S/C15H21ClN2O2/c1-18(15(19)12-4-3-5-13(12)17)9-10-8-11(16)6-7-14(10)20-2/h6-8,12-13H,3-5,9,17H2,1-2H3. The SMILES string of the molecule is COc1ccc(Cl)cc1CN(C)C(=O)C1CCCC1N. The normalized spacial score (nSPS) is 21.8. The predicted octanol–water partition coefficient (Wildman–Crippen LogP) is 2.43.